The predicted octanol–water partition coefficient (Wildman–Crippen LogP) is 5.70. The van der Waals surface area contributed by atoms with Crippen molar-refractivity contribution >= 4 is 23.2 Å². The highest BCUT2D eigenvalue weighted by Gasteiger charge is 2.12. The van der Waals surface area contributed by atoms with Crippen molar-refractivity contribution in [3.8, 4) is 17.6 Å². The highest BCUT2D eigenvalue weighted by atomic mass is 35.5. The van der Waals surface area contributed by atoms with Crippen molar-refractivity contribution in [2.24, 2.45) is 0 Å². The molecule has 0 fully saturated rings. The number of ether oxygens (including phenoxy) is 2. The van der Waals surface area contributed by atoms with E-state index in [2.05, 4.69) is 0 Å². The quantitative estimate of drug-likeness (QED) is 0.521. The van der Waals surface area contributed by atoms with Crippen molar-refractivity contribution in [3.63, 3.8) is 0 Å². The van der Waals surface area contributed by atoms with E-state index in [-0.39, 0.29) is 17.9 Å². The van der Waals surface area contributed by atoms with E-state index in [0.29, 0.717) is 28.0 Å². The Hall–Kier alpha value is -2.78. The summed E-state index contributed by atoms with van der Waals surface area (Å²) in [5.74, 6) is -0.0624. The van der Waals surface area contributed by atoms with Gasteiger partial charge in [-0.3, -0.25) is 0 Å². The van der Waals surface area contributed by atoms with Crippen LogP contribution < -0.4 is 9.47 Å². The number of benzene rings is 3. The Morgan fingerprint density at radius 1 is 0.966 bits per heavy atom. The number of nitrogens with zero attached hydrogens (tertiary/aromatic N) is 1. The van der Waals surface area contributed by atoms with Crippen LogP contribution in [-0.2, 0) is 6.61 Å². The third kappa shape index (κ3) is 5.61. The average molecular weight is 432 g/mol. The molecule has 0 aliphatic rings. The molecule has 0 aromatic heterocycles. The van der Waals surface area contributed by atoms with Crippen LogP contribution in [0.5, 0.6) is 11.5 Å². The molecule has 148 valence electrons. The summed E-state index contributed by atoms with van der Waals surface area (Å²) in [5, 5.41) is 20.1. The van der Waals surface area contributed by atoms with Gasteiger partial charge in [-0.25, -0.2) is 4.39 Å². The zero-order valence-corrected chi connectivity index (χ0v) is 16.6. The van der Waals surface area contributed by atoms with Gasteiger partial charge < -0.3 is 14.6 Å². The molecule has 4 nitrogen and oxygen atoms in total. The van der Waals surface area contributed by atoms with Gasteiger partial charge in [-0.1, -0.05) is 41.4 Å². The summed E-state index contributed by atoms with van der Waals surface area (Å²) in [6, 6.07) is 17.8. The van der Waals surface area contributed by atoms with Crippen LogP contribution in [0.4, 0.5) is 4.39 Å². The summed E-state index contributed by atoms with van der Waals surface area (Å²) < 4.78 is 24.8. The standard InChI is InChI=1S/C22H16Cl2FNO3/c23-18-7-1-15(9-19(18)24)12-28-17-5-3-16(4-6-17)21(27)13-29-22-10-14(11-26)2-8-20(22)25/h1-10,21,27H,12-13H2/t21-/m0/s1. The number of aliphatic hydroxyl groups excluding tert-OH is 1. The second-order valence-corrected chi connectivity index (χ2v) is 7.00. The lowest BCUT2D eigenvalue weighted by Crippen LogP contribution is -2.10. The molecule has 3 rings (SSSR count). The van der Waals surface area contributed by atoms with E-state index in [1.807, 2.05) is 12.1 Å². The van der Waals surface area contributed by atoms with Crippen molar-refractivity contribution < 1.29 is 19.0 Å². The largest absolute Gasteiger partial charge is 0.489 e. The fourth-order valence-corrected chi connectivity index (χ4v) is 2.85. The topological polar surface area (TPSA) is 62.5 Å². The Bertz CT molecular complexity index is 1040. The van der Waals surface area contributed by atoms with Gasteiger partial charge in [-0.15, -0.1) is 0 Å². The number of aliphatic hydroxyl groups is 1. The van der Waals surface area contributed by atoms with Gasteiger partial charge in [0.25, 0.3) is 0 Å². The molecular weight excluding hydrogens is 416 g/mol. The van der Waals surface area contributed by atoms with Crippen molar-refractivity contribution in [3.05, 3.63) is 93.2 Å². The minimum absolute atomic E-state index is 0.0790. The molecular formula is C22H16Cl2FNO3. The Labute approximate surface area is 177 Å². The fourth-order valence-electron chi connectivity index (χ4n) is 2.53. The maximum atomic E-state index is 13.7. The Morgan fingerprint density at radius 2 is 1.72 bits per heavy atom. The van der Waals surface area contributed by atoms with Crippen LogP contribution in [0, 0.1) is 17.1 Å². The lowest BCUT2D eigenvalue weighted by atomic mass is 10.1. The molecule has 0 spiro atoms. The second-order valence-electron chi connectivity index (χ2n) is 6.19. The number of halogens is 3. The fraction of sp³-hybridized carbons (Fsp3) is 0.136. The highest BCUT2D eigenvalue weighted by molar-refractivity contribution is 6.42. The molecule has 0 radical (unpaired) electrons. The second kappa shape index (κ2) is 9.62. The number of hydrogen-bond donors (Lipinski definition) is 1. The van der Waals surface area contributed by atoms with E-state index in [1.54, 1.807) is 36.4 Å². The molecule has 0 unspecified atom stereocenters. The van der Waals surface area contributed by atoms with Crippen molar-refractivity contribution in [1.29, 1.82) is 5.26 Å². The van der Waals surface area contributed by atoms with Gasteiger partial charge in [-0.2, -0.15) is 5.26 Å². The van der Waals surface area contributed by atoms with Crippen LogP contribution in [0.2, 0.25) is 10.0 Å². The molecule has 0 bridgehead atoms. The first-order chi connectivity index (χ1) is 14.0. The van der Waals surface area contributed by atoms with Crippen LogP contribution in [0.25, 0.3) is 0 Å². The Morgan fingerprint density at radius 3 is 2.41 bits per heavy atom. The first kappa shape index (κ1) is 20.9. The van der Waals surface area contributed by atoms with Gasteiger partial charge in [0.15, 0.2) is 11.6 Å². The van der Waals surface area contributed by atoms with Crippen LogP contribution >= 0.6 is 23.2 Å². The van der Waals surface area contributed by atoms with E-state index in [9.17, 15) is 9.50 Å². The molecule has 3 aromatic rings. The average Bonchev–Trinajstić information content (AvgIpc) is 2.74. The van der Waals surface area contributed by atoms with Crippen molar-refractivity contribution in [1.82, 2.24) is 0 Å². The van der Waals surface area contributed by atoms with Crippen LogP contribution in [0.15, 0.2) is 60.7 Å². The smallest absolute Gasteiger partial charge is 0.165 e. The van der Waals surface area contributed by atoms with E-state index in [0.717, 1.165) is 11.6 Å². The van der Waals surface area contributed by atoms with E-state index < -0.39 is 11.9 Å². The number of hydrogen-bond acceptors (Lipinski definition) is 4. The van der Waals surface area contributed by atoms with Gasteiger partial charge in [0.1, 0.15) is 25.1 Å². The minimum atomic E-state index is -0.968. The summed E-state index contributed by atoms with van der Waals surface area (Å²) >= 11 is 11.9. The first-order valence-electron chi connectivity index (χ1n) is 8.63. The van der Waals surface area contributed by atoms with E-state index >= 15 is 0 Å². The van der Waals surface area contributed by atoms with Gasteiger partial charge in [0.05, 0.1) is 21.7 Å². The van der Waals surface area contributed by atoms with E-state index in [4.69, 9.17) is 37.9 Å². The molecule has 29 heavy (non-hydrogen) atoms. The molecule has 3 aromatic carbocycles. The van der Waals surface area contributed by atoms with Gasteiger partial charge in [-0.05, 0) is 47.5 Å². The zero-order valence-electron chi connectivity index (χ0n) is 15.1. The van der Waals surface area contributed by atoms with Crippen LogP contribution in [0.3, 0.4) is 0 Å². The van der Waals surface area contributed by atoms with Crippen LogP contribution in [0.1, 0.15) is 22.8 Å². The summed E-state index contributed by atoms with van der Waals surface area (Å²) in [6.45, 7) is 0.158. The van der Waals surface area contributed by atoms with Crippen LogP contribution in [-0.4, -0.2) is 11.7 Å². The summed E-state index contributed by atoms with van der Waals surface area (Å²) in [6.07, 6.45) is -0.968. The first-order valence-corrected chi connectivity index (χ1v) is 9.39. The van der Waals surface area contributed by atoms with Gasteiger partial charge in [0, 0.05) is 6.07 Å². The molecule has 0 saturated heterocycles. The molecule has 0 saturated carbocycles. The monoisotopic (exact) mass is 431 g/mol. The molecule has 1 N–H and O–H groups in total. The number of rotatable bonds is 7. The Balaban J connectivity index is 1.56. The van der Waals surface area contributed by atoms with Crippen molar-refractivity contribution in [2.45, 2.75) is 12.7 Å². The molecule has 0 heterocycles. The summed E-state index contributed by atoms with van der Waals surface area (Å²) in [7, 11) is 0. The Kier molecular flexibility index (Phi) is 6.95. The lowest BCUT2D eigenvalue weighted by molar-refractivity contribution is 0.106. The molecule has 0 aliphatic heterocycles. The van der Waals surface area contributed by atoms with Gasteiger partial charge >= 0.3 is 0 Å². The molecule has 0 amide bonds. The molecule has 7 heteroatoms. The molecule has 1 atom stereocenters. The maximum Gasteiger partial charge on any atom is 0.165 e. The predicted molar refractivity (Wildman–Crippen MR) is 109 cm³/mol. The molecule has 0 aliphatic carbocycles. The van der Waals surface area contributed by atoms with E-state index in [1.165, 1.54) is 12.1 Å². The summed E-state index contributed by atoms with van der Waals surface area (Å²) in [5.41, 5.74) is 1.74. The summed E-state index contributed by atoms with van der Waals surface area (Å²) in [4.78, 5) is 0. The third-order valence-electron chi connectivity index (χ3n) is 4.11. The SMILES string of the molecule is N#Cc1ccc(F)c(OC[C@H](O)c2ccc(OCc3ccc(Cl)c(Cl)c3)cc2)c1. The zero-order chi connectivity index (χ0) is 20.8. The van der Waals surface area contributed by atoms with Crippen molar-refractivity contribution in [2.75, 3.05) is 6.61 Å². The van der Waals surface area contributed by atoms with Gasteiger partial charge in [0.2, 0.25) is 0 Å². The lowest BCUT2D eigenvalue weighted by Gasteiger charge is -2.14. The highest BCUT2D eigenvalue weighted by Crippen LogP contribution is 2.25. The minimum Gasteiger partial charge on any atom is -0.489 e. The normalized spacial score (nSPS) is 11.6. The third-order valence-corrected chi connectivity index (χ3v) is 4.85. The number of nitriles is 1. The maximum absolute atomic E-state index is 13.7.